The van der Waals surface area contributed by atoms with E-state index in [1.165, 1.54) is 4.70 Å². The molecule has 0 aliphatic rings. The number of hydrogen-bond donors (Lipinski definition) is 0. The Morgan fingerprint density at radius 1 is 1.30 bits per heavy atom. The number of benzene rings is 1. The Morgan fingerprint density at radius 3 is 2.85 bits per heavy atom. The zero-order chi connectivity index (χ0) is 14.4. The van der Waals surface area contributed by atoms with Crippen LogP contribution in [0.4, 0.5) is 0 Å². The molecule has 1 aromatic heterocycles. The highest BCUT2D eigenvalue weighted by Crippen LogP contribution is 2.22. The van der Waals surface area contributed by atoms with E-state index in [-0.39, 0.29) is 5.91 Å². The molecular formula is C16H22N2OS. The fourth-order valence-electron chi connectivity index (χ4n) is 2.13. The average Bonchev–Trinajstić information content (AvgIpc) is 2.87. The summed E-state index contributed by atoms with van der Waals surface area (Å²) < 4.78 is 1.23. The summed E-state index contributed by atoms with van der Waals surface area (Å²) in [4.78, 5) is 18.4. The predicted octanol–water partition coefficient (Wildman–Crippen LogP) is 3.88. The fourth-order valence-corrected chi connectivity index (χ4v) is 3.14. The number of amides is 1. The van der Waals surface area contributed by atoms with Crippen LogP contribution in [0, 0.1) is 0 Å². The second kappa shape index (κ2) is 7.39. The molecule has 1 heterocycles. The first-order chi connectivity index (χ1) is 9.70. The highest BCUT2D eigenvalue weighted by molar-refractivity contribution is 7.18. The lowest BCUT2D eigenvalue weighted by Gasteiger charge is -2.16. The Balaban J connectivity index is 1.79. The van der Waals surface area contributed by atoms with Gasteiger partial charge in [0, 0.05) is 20.0 Å². The molecule has 0 aliphatic carbocycles. The molecule has 0 aliphatic heterocycles. The highest BCUT2D eigenvalue weighted by atomic mass is 32.1. The number of para-hydroxylation sites is 1. The van der Waals surface area contributed by atoms with Gasteiger partial charge in [0.15, 0.2) is 0 Å². The van der Waals surface area contributed by atoms with Gasteiger partial charge in [0.25, 0.3) is 0 Å². The van der Waals surface area contributed by atoms with E-state index < -0.39 is 0 Å². The van der Waals surface area contributed by atoms with Gasteiger partial charge in [0.1, 0.15) is 0 Å². The minimum Gasteiger partial charge on any atom is -0.346 e. The average molecular weight is 290 g/mol. The van der Waals surface area contributed by atoms with Gasteiger partial charge in [0.05, 0.1) is 15.2 Å². The van der Waals surface area contributed by atoms with E-state index in [4.69, 9.17) is 0 Å². The number of carbonyl (C=O) groups is 1. The number of rotatable bonds is 7. The monoisotopic (exact) mass is 290 g/mol. The zero-order valence-corrected chi connectivity index (χ0v) is 13.1. The Labute approximate surface area is 124 Å². The molecule has 0 spiro atoms. The van der Waals surface area contributed by atoms with Gasteiger partial charge in [-0.15, -0.1) is 11.3 Å². The van der Waals surface area contributed by atoms with Crippen molar-refractivity contribution in [1.29, 1.82) is 0 Å². The summed E-state index contributed by atoms with van der Waals surface area (Å²) in [7, 11) is 1.90. The first-order valence-electron chi connectivity index (χ1n) is 7.29. The molecule has 20 heavy (non-hydrogen) atoms. The third kappa shape index (κ3) is 4.04. The van der Waals surface area contributed by atoms with Gasteiger partial charge in [-0.05, 0) is 31.4 Å². The number of unbranched alkanes of at least 4 members (excludes halogenated alkanes) is 1. The molecule has 2 aromatic rings. The van der Waals surface area contributed by atoms with E-state index in [0.29, 0.717) is 6.42 Å². The van der Waals surface area contributed by atoms with E-state index in [1.54, 1.807) is 11.3 Å². The molecule has 1 aromatic carbocycles. The van der Waals surface area contributed by atoms with Crippen LogP contribution in [0.5, 0.6) is 0 Å². The molecule has 0 saturated carbocycles. The second-order valence-corrected chi connectivity index (χ2v) is 6.21. The van der Waals surface area contributed by atoms with Gasteiger partial charge in [-0.3, -0.25) is 4.79 Å². The van der Waals surface area contributed by atoms with Crippen LogP contribution in [0.3, 0.4) is 0 Å². The van der Waals surface area contributed by atoms with Gasteiger partial charge in [0.2, 0.25) is 5.91 Å². The number of fused-ring (bicyclic) bond motifs is 1. The molecule has 2 rings (SSSR count). The molecule has 108 valence electrons. The number of aryl methyl sites for hydroxylation is 1. The lowest BCUT2D eigenvalue weighted by atomic mass is 10.2. The zero-order valence-electron chi connectivity index (χ0n) is 12.3. The van der Waals surface area contributed by atoms with Crippen LogP contribution < -0.4 is 0 Å². The molecule has 0 bridgehead atoms. The quantitative estimate of drug-likeness (QED) is 0.775. The van der Waals surface area contributed by atoms with Crippen molar-refractivity contribution in [1.82, 2.24) is 9.88 Å². The largest absolute Gasteiger partial charge is 0.346 e. The summed E-state index contributed by atoms with van der Waals surface area (Å²) in [6.07, 6.45) is 4.61. The molecule has 4 heteroatoms. The predicted molar refractivity (Wildman–Crippen MR) is 85.1 cm³/mol. The van der Waals surface area contributed by atoms with Crippen molar-refractivity contribution < 1.29 is 4.79 Å². The standard InChI is InChI=1S/C16H22N2OS/c1-3-4-12-18(2)16(19)11-7-10-15-17-13-8-5-6-9-14(13)20-15/h5-6,8-9H,3-4,7,10-12H2,1-2H3. The van der Waals surface area contributed by atoms with E-state index in [0.717, 1.165) is 42.8 Å². The summed E-state index contributed by atoms with van der Waals surface area (Å²) in [6.45, 7) is 3.02. The van der Waals surface area contributed by atoms with Gasteiger partial charge in [-0.1, -0.05) is 25.5 Å². The normalized spacial score (nSPS) is 10.9. The molecule has 0 saturated heterocycles. The van der Waals surface area contributed by atoms with E-state index in [1.807, 2.05) is 30.1 Å². The Morgan fingerprint density at radius 2 is 2.10 bits per heavy atom. The Hall–Kier alpha value is -1.42. The summed E-state index contributed by atoms with van der Waals surface area (Å²) >= 11 is 1.74. The van der Waals surface area contributed by atoms with E-state index in [9.17, 15) is 4.79 Å². The maximum Gasteiger partial charge on any atom is 0.222 e. The molecule has 3 nitrogen and oxygen atoms in total. The summed E-state index contributed by atoms with van der Waals surface area (Å²) in [6, 6.07) is 8.19. The number of carbonyl (C=O) groups excluding carboxylic acids is 1. The van der Waals surface area contributed by atoms with Crippen LogP contribution in [0.25, 0.3) is 10.2 Å². The van der Waals surface area contributed by atoms with Gasteiger partial charge in [-0.2, -0.15) is 0 Å². The minimum atomic E-state index is 0.250. The van der Waals surface area contributed by atoms with Crippen molar-refractivity contribution in [3.8, 4) is 0 Å². The maximum absolute atomic E-state index is 11.9. The molecule has 0 fully saturated rings. The Bertz CT molecular complexity index is 531. The van der Waals surface area contributed by atoms with Crippen LogP contribution in [0.2, 0.25) is 0 Å². The SMILES string of the molecule is CCCCN(C)C(=O)CCCc1nc2ccccc2s1. The van der Waals surface area contributed by atoms with Crippen molar-refractivity contribution >= 4 is 27.5 Å². The highest BCUT2D eigenvalue weighted by Gasteiger charge is 2.09. The first kappa shape index (κ1) is 15.0. The lowest BCUT2D eigenvalue weighted by Crippen LogP contribution is -2.27. The van der Waals surface area contributed by atoms with Crippen molar-refractivity contribution in [2.45, 2.75) is 39.0 Å². The van der Waals surface area contributed by atoms with Crippen molar-refractivity contribution in [3.63, 3.8) is 0 Å². The second-order valence-electron chi connectivity index (χ2n) is 5.10. The van der Waals surface area contributed by atoms with Gasteiger partial charge < -0.3 is 4.90 Å². The van der Waals surface area contributed by atoms with Crippen LogP contribution >= 0.6 is 11.3 Å². The maximum atomic E-state index is 11.9. The van der Waals surface area contributed by atoms with Crippen LogP contribution in [-0.4, -0.2) is 29.4 Å². The third-order valence-corrected chi connectivity index (χ3v) is 4.49. The smallest absolute Gasteiger partial charge is 0.222 e. The third-order valence-electron chi connectivity index (χ3n) is 3.39. The molecule has 0 atom stereocenters. The molecule has 1 amide bonds. The number of hydrogen-bond acceptors (Lipinski definition) is 3. The fraction of sp³-hybridized carbons (Fsp3) is 0.500. The molecular weight excluding hydrogens is 268 g/mol. The first-order valence-corrected chi connectivity index (χ1v) is 8.10. The minimum absolute atomic E-state index is 0.250. The number of aromatic nitrogens is 1. The lowest BCUT2D eigenvalue weighted by molar-refractivity contribution is -0.130. The number of nitrogens with zero attached hydrogens (tertiary/aromatic N) is 2. The van der Waals surface area contributed by atoms with Crippen LogP contribution in [0.1, 0.15) is 37.6 Å². The van der Waals surface area contributed by atoms with Crippen molar-refractivity contribution in [3.05, 3.63) is 29.3 Å². The molecule has 0 N–H and O–H groups in total. The summed E-state index contributed by atoms with van der Waals surface area (Å²) in [5, 5.41) is 1.13. The molecule has 0 radical (unpaired) electrons. The van der Waals surface area contributed by atoms with Gasteiger partial charge in [-0.25, -0.2) is 4.98 Å². The van der Waals surface area contributed by atoms with Crippen LogP contribution in [-0.2, 0) is 11.2 Å². The number of thiazole rings is 1. The molecule has 0 unspecified atom stereocenters. The summed E-state index contributed by atoms with van der Waals surface area (Å²) in [5.74, 6) is 0.250. The Kier molecular flexibility index (Phi) is 5.53. The van der Waals surface area contributed by atoms with Gasteiger partial charge >= 0.3 is 0 Å². The van der Waals surface area contributed by atoms with Crippen molar-refractivity contribution in [2.75, 3.05) is 13.6 Å². The summed E-state index contributed by atoms with van der Waals surface area (Å²) in [5.41, 5.74) is 1.07. The van der Waals surface area contributed by atoms with Crippen LogP contribution in [0.15, 0.2) is 24.3 Å². The van der Waals surface area contributed by atoms with E-state index >= 15 is 0 Å². The van der Waals surface area contributed by atoms with E-state index in [2.05, 4.69) is 18.0 Å². The van der Waals surface area contributed by atoms with Crippen molar-refractivity contribution in [2.24, 2.45) is 0 Å². The topological polar surface area (TPSA) is 33.2 Å².